The molecular weight excluding hydrogens is 579 g/mol. The Kier molecular flexibility index (Phi) is 9.77. The molecule has 2 aromatic carbocycles. The molecule has 3 aliphatic rings. The molecule has 0 radical (unpaired) electrons. The number of halogens is 2. The third-order valence-corrected chi connectivity index (χ3v) is 9.56. The van der Waals surface area contributed by atoms with Crippen LogP contribution in [0.25, 0.3) is 0 Å². The van der Waals surface area contributed by atoms with E-state index in [1.165, 1.54) is 94.4 Å². The molecule has 9 nitrogen and oxygen atoms in total. The van der Waals surface area contributed by atoms with Crippen LogP contribution in [0.15, 0.2) is 42.6 Å². The van der Waals surface area contributed by atoms with Gasteiger partial charge in [-0.3, -0.25) is 4.90 Å². The fourth-order valence-electron chi connectivity index (χ4n) is 6.76. The molecule has 2 N–H and O–H groups in total. The Bertz CT molecular complexity index is 1480. The molecule has 6 rings (SSSR count). The minimum atomic E-state index is -0.548. The van der Waals surface area contributed by atoms with E-state index in [1.54, 1.807) is 6.07 Å². The average Bonchev–Trinajstić information content (AvgIpc) is 3.26. The summed E-state index contributed by atoms with van der Waals surface area (Å²) in [4.78, 5) is 16.8. The summed E-state index contributed by atoms with van der Waals surface area (Å²) in [7, 11) is 2.23. The second kappa shape index (κ2) is 14.1. The first kappa shape index (κ1) is 30.5. The molecule has 0 amide bonds. The lowest BCUT2D eigenvalue weighted by atomic mass is 9.98. The number of aromatic nitrogens is 2. The van der Waals surface area contributed by atoms with Crippen molar-refractivity contribution in [1.82, 2.24) is 24.7 Å². The molecule has 1 atom stereocenters. The number of hydrogen-bond donors (Lipinski definition) is 2. The smallest absolute Gasteiger partial charge is 0.229 e. The number of nitrogens with one attached hydrogen (secondary N) is 2. The Morgan fingerprint density at radius 3 is 2.45 bits per heavy atom. The molecule has 0 spiro atoms. The number of piperazine rings is 1. The van der Waals surface area contributed by atoms with E-state index in [9.17, 15) is 4.39 Å². The molecule has 1 unspecified atom stereocenters. The maximum atomic E-state index is 14.7. The number of piperidine rings is 1. The van der Waals surface area contributed by atoms with Gasteiger partial charge in [-0.15, -0.1) is 0 Å². The molecule has 2 fully saturated rings. The SMILES string of the molecule is CN1CCN(C2CCN(C3CCc4ccc(Nc5ncc(Cl)c(Nc6c(F)cccc6OCC#N)n5)cc4CC3)CC2)CC1. The minimum Gasteiger partial charge on any atom is -0.476 e. The predicted molar refractivity (Wildman–Crippen MR) is 172 cm³/mol. The van der Waals surface area contributed by atoms with E-state index >= 15 is 0 Å². The highest BCUT2D eigenvalue weighted by molar-refractivity contribution is 6.33. The number of likely N-dealkylation sites (N-methyl/N-ethyl adjacent to an activating group) is 1. The van der Waals surface area contributed by atoms with Crippen LogP contribution in [-0.2, 0) is 12.8 Å². The van der Waals surface area contributed by atoms with Crippen LogP contribution in [0.3, 0.4) is 0 Å². The zero-order valence-electron chi connectivity index (χ0n) is 25.2. The van der Waals surface area contributed by atoms with Gasteiger partial charge in [0.05, 0.1) is 6.20 Å². The highest BCUT2D eigenvalue weighted by Crippen LogP contribution is 2.34. The van der Waals surface area contributed by atoms with Gasteiger partial charge in [-0.05, 0) is 94.1 Å². The van der Waals surface area contributed by atoms with Crippen molar-refractivity contribution in [3.63, 3.8) is 0 Å². The van der Waals surface area contributed by atoms with Gasteiger partial charge in [-0.2, -0.15) is 10.2 Å². The Morgan fingerprint density at radius 1 is 0.955 bits per heavy atom. The number of nitriles is 1. The monoisotopic (exact) mass is 618 g/mol. The van der Waals surface area contributed by atoms with Gasteiger partial charge >= 0.3 is 0 Å². The fourth-order valence-corrected chi connectivity index (χ4v) is 6.89. The van der Waals surface area contributed by atoms with Crippen molar-refractivity contribution in [2.75, 3.05) is 63.6 Å². The molecule has 2 aliphatic heterocycles. The molecule has 3 heterocycles. The van der Waals surface area contributed by atoms with Crippen LogP contribution in [0, 0.1) is 17.1 Å². The van der Waals surface area contributed by atoms with Gasteiger partial charge < -0.3 is 25.2 Å². The maximum absolute atomic E-state index is 14.7. The number of fused-ring (bicyclic) bond motifs is 1. The first-order chi connectivity index (χ1) is 21.5. The number of para-hydroxylation sites is 1. The number of likely N-dealkylation sites (tertiary alicyclic amines) is 1. The van der Waals surface area contributed by atoms with Crippen molar-refractivity contribution < 1.29 is 9.13 Å². The molecule has 0 saturated carbocycles. The Labute approximate surface area is 264 Å². The molecule has 0 bridgehead atoms. The van der Waals surface area contributed by atoms with E-state index < -0.39 is 5.82 Å². The van der Waals surface area contributed by atoms with E-state index in [4.69, 9.17) is 21.6 Å². The number of benzene rings is 2. The lowest BCUT2D eigenvalue weighted by molar-refractivity contribution is 0.0514. The third kappa shape index (κ3) is 7.24. The van der Waals surface area contributed by atoms with E-state index in [0.717, 1.165) is 24.6 Å². The van der Waals surface area contributed by atoms with Crippen molar-refractivity contribution in [2.45, 2.75) is 50.6 Å². The minimum absolute atomic E-state index is 0.0532. The number of ether oxygens (including phenoxy) is 1. The second-order valence-electron chi connectivity index (χ2n) is 12.0. The van der Waals surface area contributed by atoms with E-state index in [1.807, 2.05) is 6.07 Å². The zero-order valence-corrected chi connectivity index (χ0v) is 26.0. The van der Waals surface area contributed by atoms with Crippen LogP contribution < -0.4 is 15.4 Å². The first-order valence-electron chi connectivity index (χ1n) is 15.6. The van der Waals surface area contributed by atoms with Gasteiger partial charge in [0, 0.05) is 44.0 Å². The molecule has 11 heteroatoms. The quantitative estimate of drug-likeness (QED) is 0.312. The fraction of sp³-hybridized carbons (Fsp3) is 0.485. The Morgan fingerprint density at radius 2 is 1.68 bits per heavy atom. The van der Waals surface area contributed by atoms with Gasteiger partial charge in [-0.25, -0.2) is 9.37 Å². The molecule has 2 saturated heterocycles. The molecule has 1 aromatic heterocycles. The predicted octanol–water partition coefficient (Wildman–Crippen LogP) is 5.62. The van der Waals surface area contributed by atoms with Crippen LogP contribution in [0.4, 0.5) is 27.5 Å². The summed E-state index contributed by atoms with van der Waals surface area (Å²) in [5.41, 5.74) is 3.72. The molecule has 232 valence electrons. The number of aryl methyl sites for hydroxylation is 2. The summed E-state index contributed by atoms with van der Waals surface area (Å²) in [6.45, 7) is 6.99. The van der Waals surface area contributed by atoms with Gasteiger partial charge in [0.15, 0.2) is 18.2 Å². The number of nitrogens with zero attached hydrogens (tertiary/aromatic N) is 6. The topological polar surface area (TPSA) is 92.6 Å². The number of rotatable bonds is 8. The summed E-state index contributed by atoms with van der Waals surface area (Å²) >= 11 is 6.36. The van der Waals surface area contributed by atoms with Gasteiger partial charge in [0.1, 0.15) is 22.5 Å². The van der Waals surface area contributed by atoms with Crippen molar-refractivity contribution in [3.8, 4) is 11.8 Å². The van der Waals surface area contributed by atoms with E-state index in [-0.39, 0.29) is 28.9 Å². The highest BCUT2D eigenvalue weighted by atomic mass is 35.5. The summed E-state index contributed by atoms with van der Waals surface area (Å²) in [5, 5.41) is 15.3. The Balaban J connectivity index is 1.07. The molecule has 1 aliphatic carbocycles. The van der Waals surface area contributed by atoms with Crippen molar-refractivity contribution in [1.29, 1.82) is 5.26 Å². The van der Waals surface area contributed by atoms with Gasteiger partial charge in [0.2, 0.25) is 5.95 Å². The molecule has 44 heavy (non-hydrogen) atoms. The van der Waals surface area contributed by atoms with Crippen LogP contribution in [-0.4, -0.2) is 89.7 Å². The summed E-state index contributed by atoms with van der Waals surface area (Å²) in [6, 6.07) is 14.1. The van der Waals surface area contributed by atoms with Crippen molar-refractivity contribution in [2.24, 2.45) is 0 Å². The van der Waals surface area contributed by atoms with Crippen LogP contribution in [0.2, 0.25) is 5.02 Å². The summed E-state index contributed by atoms with van der Waals surface area (Å²) in [6.07, 6.45) is 8.53. The lowest BCUT2D eigenvalue weighted by Crippen LogP contribution is -2.53. The van der Waals surface area contributed by atoms with Crippen LogP contribution in [0.5, 0.6) is 5.75 Å². The van der Waals surface area contributed by atoms with Crippen molar-refractivity contribution >= 4 is 34.7 Å². The van der Waals surface area contributed by atoms with Crippen molar-refractivity contribution in [3.05, 3.63) is 64.6 Å². The summed E-state index contributed by atoms with van der Waals surface area (Å²) < 4.78 is 20.0. The normalized spacial score (nSPS) is 20.4. The maximum Gasteiger partial charge on any atom is 0.229 e. The zero-order chi connectivity index (χ0) is 30.5. The van der Waals surface area contributed by atoms with E-state index in [2.05, 4.69) is 60.5 Å². The number of hydrogen-bond acceptors (Lipinski definition) is 9. The largest absolute Gasteiger partial charge is 0.476 e. The molecular formula is C33H40ClFN8O. The van der Waals surface area contributed by atoms with Gasteiger partial charge in [-0.1, -0.05) is 23.7 Å². The number of anilines is 4. The van der Waals surface area contributed by atoms with E-state index in [0.29, 0.717) is 12.0 Å². The highest BCUT2D eigenvalue weighted by Gasteiger charge is 2.30. The van der Waals surface area contributed by atoms with Crippen LogP contribution >= 0.6 is 11.6 Å². The Hall–Kier alpha value is -3.49. The summed E-state index contributed by atoms with van der Waals surface area (Å²) in [5.74, 6) is 0.208. The average molecular weight is 619 g/mol. The third-order valence-electron chi connectivity index (χ3n) is 9.28. The van der Waals surface area contributed by atoms with Crippen LogP contribution in [0.1, 0.15) is 36.8 Å². The van der Waals surface area contributed by atoms with Gasteiger partial charge in [0.25, 0.3) is 0 Å². The molecule has 3 aromatic rings. The second-order valence-corrected chi connectivity index (χ2v) is 12.4. The lowest BCUT2D eigenvalue weighted by Gasteiger charge is -2.44. The first-order valence-corrected chi connectivity index (χ1v) is 16.0. The standard InChI is InChI=1S/C33H40ClFN8O/c1-41-16-18-43(19-17-41)27-11-14-42(15-12-27)26-9-6-23-5-8-25(21-24(23)7-10-26)38-33-37-22-28(34)32(40-33)39-31-29(35)3-2-4-30(31)44-20-13-36/h2-5,8,21-22,26-27H,6-7,9-12,14-20H2,1H3,(H2,37,38,39,40).